The monoisotopic (exact) mass is 174 g/mol. The van der Waals surface area contributed by atoms with Gasteiger partial charge in [-0.3, -0.25) is 4.79 Å². The van der Waals surface area contributed by atoms with E-state index in [1.807, 2.05) is 0 Å². The van der Waals surface area contributed by atoms with Crippen molar-refractivity contribution in [2.24, 2.45) is 0 Å². The van der Waals surface area contributed by atoms with Crippen molar-refractivity contribution in [2.45, 2.75) is 0 Å². The van der Waals surface area contributed by atoms with Gasteiger partial charge in [0.05, 0.1) is 10.9 Å². The average Bonchev–Trinajstić information content (AvgIpc) is 2.20. The summed E-state index contributed by atoms with van der Waals surface area (Å²) in [5, 5.41) is 11.6. The number of hydrogen-bond donors (Lipinski definition) is 0. The van der Waals surface area contributed by atoms with Gasteiger partial charge in [0.25, 0.3) is 0 Å². The topological polar surface area (TPSA) is 56.9 Å². The summed E-state index contributed by atoms with van der Waals surface area (Å²) in [7, 11) is 0. The Labute approximate surface area is 73.7 Å². The molecule has 0 bridgehead atoms. The van der Waals surface area contributed by atoms with Crippen LogP contribution in [0.1, 0.15) is 0 Å². The molecule has 0 aliphatic carbocycles. The molecule has 0 spiro atoms. The van der Waals surface area contributed by atoms with E-state index in [0.717, 1.165) is 6.20 Å². The predicted molar refractivity (Wildman–Crippen MR) is 47.0 cm³/mol. The van der Waals surface area contributed by atoms with Gasteiger partial charge in [0.1, 0.15) is 0 Å². The maximum atomic E-state index is 11.0. The van der Waals surface area contributed by atoms with Crippen LogP contribution in [0.2, 0.25) is 0 Å². The van der Waals surface area contributed by atoms with Crippen molar-refractivity contribution in [1.82, 2.24) is 4.98 Å². The molecule has 0 aliphatic heterocycles. The normalized spacial score (nSPS) is 10.2. The van der Waals surface area contributed by atoms with Gasteiger partial charge in [0, 0.05) is 0 Å². The van der Waals surface area contributed by atoms with Crippen molar-refractivity contribution < 1.29 is 4.73 Å². The molecule has 0 fully saturated rings. The SMILES string of the molecule is O=c1c[n+]([O-])cc2ccccc2n1. The minimum atomic E-state index is -0.531. The first-order valence-corrected chi connectivity index (χ1v) is 3.76. The molecule has 0 atom stereocenters. The fraction of sp³-hybridized carbons (Fsp3) is 0. The van der Waals surface area contributed by atoms with E-state index >= 15 is 0 Å². The van der Waals surface area contributed by atoms with E-state index in [2.05, 4.69) is 4.98 Å². The van der Waals surface area contributed by atoms with Crippen molar-refractivity contribution in [3.63, 3.8) is 0 Å². The molecule has 2 aromatic rings. The van der Waals surface area contributed by atoms with Gasteiger partial charge >= 0.3 is 5.56 Å². The van der Waals surface area contributed by atoms with Crippen LogP contribution in [0.3, 0.4) is 0 Å². The summed E-state index contributed by atoms with van der Waals surface area (Å²) in [5.41, 5.74) is -0.00157. The molecule has 0 unspecified atom stereocenters. The van der Waals surface area contributed by atoms with Crippen molar-refractivity contribution in [2.75, 3.05) is 0 Å². The Balaban J connectivity index is 2.98. The highest BCUT2D eigenvalue weighted by Crippen LogP contribution is 2.04. The highest BCUT2D eigenvalue weighted by molar-refractivity contribution is 5.76. The number of para-hydroxylation sites is 1. The lowest BCUT2D eigenvalue weighted by molar-refractivity contribution is -0.604. The zero-order valence-corrected chi connectivity index (χ0v) is 6.68. The van der Waals surface area contributed by atoms with E-state index in [-0.39, 0.29) is 0 Å². The predicted octanol–water partition coefficient (Wildman–Crippen LogP) is 0.228. The van der Waals surface area contributed by atoms with Crippen LogP contribution in [0.15, 0.2) is 41.5 Å². The van der Waals surface area contributed by atoms with Crippen molar-refractivity contribution in [1.29, 1.82) is 0 Å². The van der Waals surface area contributed by atoms with Crippen LogP contribution in [-0.4, -0.2) is 4.98 Å². The molecular formula is C9H6N2O2. The number of fused-ring (bicyclic) bond motifs is 1. The molecule has 4 nitrogen and oxygen atoms in total. The third kappa shape index (κ3) is 1.46. The van der Waals surface area contributed by atoms with E-state index in [1.54, 1.807) is 24.3 Å². The van der Waals surface area contributed by atoms with Gasteiger partial charge in [0.2, 0.25) is 6.20 Å². The number of rotatable bonds is 0. The number of aromatic nitrogens is 2. The summed E-state index contributed by atoms with van der Waals surface area (Å²) in [6.45, 7) is 0. The number of nitrogens with zero attached hydrogens (tertiary/aromatic N) is 2. The molecule has 1 aromatic heterocycles. The summed E-state index contributed by atoms with van der Waals surface area (Å²) in [6, 6.07) is 6.98. The quantitative estimate of drug-likeness (QED) is 0.424. The van der Waals surface area contributed by atoms with E-state index in [1.165, 1.54) is 6.20 Å². The standard InChI is InChI=1S/C9H6N2O2/c12-9-6-11(13)5-7-3-1-2-4-8(7)10-9/h1-6H. The molecule has 0 radical (unpaired) electrons. The fourth-order valence-electron chi connectivity index (χ4n) is 1.13. The summed E-state index contributed by atoms with van der Waals surface area (Å²) in [4.78, 5) is 14.7. The Morgan fingerprint density at radius 1 is 1.23 bits per heavy atom. The second-order valence-corrected chi connectivity index (χ2v) is 2.63. The van der Waals surface area contributed by atoms with Crippen LogP contribution in [-0.2, 0) is 0 Å². The van der Waals surface area contributed by atoms with Crippen molar-refractivity contribution >= 4 is 10.9 Å². The minimum absolute atomic E-state index is 0.470. The first kappa shape index (κ1) is 7.67. The second kappa shape index (κ2) is 2.82. The van der Waals surface area contributed by atoms with E-state index < -0.39 is 5.56 Å². The van der Waals surface area contributed by atoms with E-state index in [4.69, 9.17) is 0 Å². The fourth-order valence-corrected chi connectivity index (χ4v) is 1.13. The molecule has 0 saturated carbocycles. The summed E-state index contributed by atoms with van der Waals surface area (Å²) < 4.78 is 0.470. The molecule has 0 saturated heterocycles. The zero-order chi connectivity index (χ0) is 9.26. The summed E-state index contributed by atoms with van der Waals surface area (Å²) >= 11 is 0. The second-order valence-electron chi connectivity index (χ2n) is 2.63. The molecule has 1 aromatic carbocycles. The molecular weight excluding hydrogens is 168 g/mol. The minimum Gasteiger partial charge on any atom is -0.619 e. The third-order valence-electron chi connectivity index (χ3n) is 1.67. The largest absolute Gasteiger partial charge is 0.619 e. The molecule has 64 valence electrons. The van der Waals surface area contributed by atoms with Crippen LogP contribution < -0.4 is 10.3 Å². The third-order valence-corrected chi connectivity index (χ3v) is 1.67. The Hall–Kier alpha value is -1.97. The smallest absolute Gasteiger partial charge is 0.335 e. The van der Waals surface area contributed by atoms with Gasteiger partial charge in [-0.15, -0.1) is 0 Å². The Morgan fingerprint density at radius 3 is 2.85 bits per heavy atom. The summed E-state index contributed by atoms with van der Waals surface area (Å²) in [5.74, 6) is 0. The van der Waals surface area contributed by atoms with Crippen LogP contribution in [0, 0.1) is 5.21 Å². The van der Waals surface area contributed by atoms with Gasteiger partial charge < -0.3 is 5.21 Å². The van der Waals surface area contributed by atoms with E-state index in [0.29, 0.717) is 15.6 Å². The van der Waals surface area contributed by atoms with E-state index in [9.17, 15) is 10.0 Å². The highest BCUT2D eigenvalue weighted by atomic mass is 16.5. The molecule has 1 heterocycles. The lowest BCUT2D eigenvalue weighted by Gasteiger charge is -1.88. The maximum absolute atomic E-state index is 11.0. The maximum Gasteiger partial charge on any atom is 0.335 e. The molecule has 2 rings (SSSR count). The van der Waals surface area contributed by atoms with Crippen molar-refractivity contribution in [3.05, 3.63) is 52.2 Å². The lowest BCUT2D eigenvalue weighted by atomic mass is 10.2. The average molecular weight is 174 g/mol. The highest BCUT2D eigenvalue weighted by Gasteiger charge is 1.97. The van der Waals surface area contributed by atoms with Crippen LogP contribution in [0.25, 0.3) is 10.9 Å². The first-order chi connectivity index (χ1) is 6.25. The molecule has 0 N–H and O–H groups in total. The lowest BCUT2D eigenvalue weighted by Crippen LogP contribution is -2.26. The van der Waals surface area contributed by atoms with Gasteiger partial charge in [-0.05, 0) is 12.1 Å². The van der Waals surface area contributed by atoms with Crippen LogP contribution in [0.5, 0.6) is 0 Å². The Bertz CT molecular complexity index is 511. The first-order valence-electron chi connectivity index (χ1n) is 3.76. The van der Waals surface area contributed by atoms with Gasteiger partial charge in [0.15, 0.2) is 6.20 Å². The summed E-state index contributed by atoms with van der Waals surface area (Å²) in [6.07, 6.45) is 2.23. The van der Waals surface area contributed by atoms with Crippen LogP contribution >= 0.6 is 0 Å². The molecule has 13 heavy (non-hydrogen) atoms. The Morgan fingerprint density at radius 2 is 2.00 bits per heavy atom. The number of benzene rings is 1. The van der Waals surface area contributed by atoms with Gasteiger partial charge in [-0.2, -0.15) is 4.73 Å². The zero-order valence-electron chi connectivity index (χ0n) is 6.68. The van der Waals surface area contributed by atoms with Crippen molar-refractivity contribution in [3.8, 4) is 0 Å². The van der Waals surface area contributed by atoms with Crippen LogP contribution in [0.4, 0.5) is 0 Å². The van der Waals surface area contributed by atoms with Gasteiger partial charge in [-0.25, -0.2) is 4.98 Å². The number of hydrogen-bond acceptors (Lipinski definition) is 3. The molecule has 0 aliphatic rings. The molecule has 0 amide bonds. The Kier molecular flexibility index (Phi) is 1.66. The van der Waals surface area contributed by atoms with Gasteiger partial charge in [-0.1, -0.05) is 12.1 Å². The molecule has 4 heteroatoms.